The lowest BCUT2D eigenvalue weighted by molar-refractivity contribution is -0.120. The zero-order valence-electron chi connectivity index (χ0n) is 14.7. The molecule has 0 radical (unpaired) electrons. The molecule has 24 heavy (non-hydrogen) atoms. The fourth-order valence-electron chi connectivity index (χ4n) is 2.25. The maximum atomic E-state index is 12.0. The number of hydrogen-bond acceptors (Lipinski definition) is 5. The van der Waals surface area contributed by atoms with Gasteiger partial charge in [0.1, 0.15) is 0 Å². The Morgan fingerprint density at radius 3 is 2.38 bits per heavy atom. The summed E-state index contributed by atoms with van der Waals surface area (Å²) >= 11 is 0. The Hall–Kier alpha value is -1.80. The number of rotatable bonds is 10. The van der Waals surface area contributed by atoms with Crippen LogP contribution in [0.2, 0.25) is 0 Å². The number of hydrogen-bond donors (Lipinski definition) is 1. The molecule has 0 fully saturated rings. The van der Waals surface area contributed by atoms with Crippen molar-refractivity contribution in [3.63, 3.8) is 0 Å². The largest absolute Gasteiger partial charge is 0.493 e. The fraction of sp³-hybridized carbons (Fsp3) is 0.562. The van der Waals surface area contributed by atoms with Gasteiger partial charge in [-0.15, -0.1) is 0 Å². The van der Waals surface area contributed by atoms with Crippen molar-refractivity contribution < 1.29 is 22.7 Å². The third-order valence-electron chi connectivity index (χ3n) is 3.44. The topological polar surface area (TPSA) is 84.9 Å². The fourth-order valence-corrected chi connectivity index (χ4v) is 3.19. The smallest absolute Gasteiger partial charge is 0.224 e. The Morgan fingerprint density at radius 1 is 1.17 bits per heavy atom. The third-order valence-corrected chi connectivity index (χ3v) is 4.74. The van der Waals surface area contributed by atoms with Crippen LogP contribution in [0.1, 0.15) is 18.9 Å². The van der Waals surface area contributed by atoms with E-state index in [2.05, 4.69) is 5.32 Å². The number of ether oxygens (including phenoxy) is 2. The Kier molecular flexibility index (Phi) is 8.00. The lowest BCUT2D eigenvalue weighted by Crippen LogP contribution is -2.38. The second kappa shape index (κ2) is 9.48. The van der Waals surface area contributed by atoms with Gasteiger partial charge in [-0.3, -0.25) is 4.79 Å². The van der Waals surface area contributed by atoms with Gasteiger partial charge in [-0.1, -0.05) is 13.0 Å². The SMILES string of the molecule is CCCN(CCNC(=O)Cc1ccc(OC)c(OC)c1)S(C)(=O)=O. The quantitative estimate of drug-likeness (QED) is 0.675. The van der Waals surface area contributed by atoms with E-state index in [1.165, 1.54) is 17.7 Å². The molecule has 0 spiro atoms. The molecule has 0 atom stereocenters. The molecule has 0 unspecified atom stereocenters. The molecule has 1 rings (SSSR count). The monoisotopic (exact) mass is 358 g/mol. The molecule has 0 saturated heterocycles. The van der Waals surface area contributed by atoms with Crippen LogP contribution in [-0.4, -0.2) is 58.7 Å². The van der Waals surface area contributed by atoms with Crippen LogP contribution >= 0.6 is 0 Å². The highest BCUT2D eigenvalue weighted by molar-refractivity contribution is 7.88. The molecule has 1 aromatic rings. The van der Waals surface area contributed by atoms with Crippen LogP contribution in [0, 0.1) is 0 Å². The molecule has 0 aromatic heterocycles. The van der Waals surface area contributed by atoms with E-state index in [-0.39, 0.29) is 25.4 Å². The van der Waals surface area contributed by atoms with Gasteiger partial charge in [0, 0.05) is 19.6 Å². The summed E-state index contributed by atoms with van der Waals surface area (Å²) in [6.45, 7) is 2.90. The van der Waals surface area contributed by atoms with Gasteiger partial charge in [0.25, 0.3) is 0 Å². The Morgan fingerprint density at radius 2 is 1.83 bits per heavy atom. The normalized spacial score (nSPS) is 11.4. The summed E-state index contributed by atoms with van der Waals surface area (Å²) in [5.41, 5.74) is 0.790. The first-order valence-electron chi connectivity index (χ1n) is 7.74. The van der Waals surface area contributed by atoms with Crippen molar-refractivity contribution >= 4 is 15.9 Å². The molecule has 7 nitrogen and oxygen atoms in total. The molecule has 0 aliphatic carbocycles. The molecule has 0 saturated carbocycles. The van der Waals surface area contributed by atoms with E-state index in [1.54, 1.807) is 25.3 Å². The van der Waals surface area contributed by atoms with Gasteiger partial charge in [0.2, 0.25) is 15.9 Å². The third kappa shape index (κ3) is 6.37. The van der Waals surface area contributed by atoms with Crippen LogP contribution in [-0.2, 0) is 21.2 Å². The molecule has 136 valence electrons. The molecule has 8 heteroatoms. The van der Waals surface area contributed by atoms with Crippen LogP contribution in [0.4, 0.5) is 0 Å². The van der Waals surface area contributed by atoms with Crippen molar-refractivity contribution in [2.24, 2.45) is 0 Å². The summed E-state index contributed by atoms with van der Waals surface area (Å²) in [6.07, 6.45) is 2.09. The van der Waals surface area contributed by atoms with Gasteiger partial charge in [0.05, 0.1) is 26.9 Å². The molecule has 1 aromatic carbocycles. The number of methoxy groups -OCH3 is 2. The van der Waals surface area contributed by atoms with Gasteiger partial charge in [-0.2, -0.15) is 0 Å². The first kappa shape index (κ1) is 20.2. The average Bonchev–Trinajstić information content (AvgIpc) is 2.53. The lowest BCUT2D eigenvalue weighted by Gasteiger charge is -2.19. The van der Waals surface area contributed by atoms with Crippen molar-refractivity contribution in [3.05, 3.63) is 23.8 Å². The number of carbonyl (C=O) groups excluding carboxylic acids is 1. The minimum atomic E-state index is -3.25. The summed E-state index contributed by atoms with van der Waals surface area (Å²) in [5, 5.41) is 2.74. The minimum Gasteiger partial charge on any atom is -0.493 e. The molecule has 0 aliphatic rings. The van der Waals surface area contributed by atoms with Crippen LogP contribution in [0.15, 0.2) is 18.2 Å². The van der Waals surface area contributed by atoms with Crippen molar-refractivity contribution in [1.29, 1.82) is 0 Å². The van der Waals surface area contributed by atoms with Crippen molar-refractivity contribution in [3.8, 4) is 11.5 Å². The molecule has 1 amide bonds. The van der Waals surface area contributed by atoms with Crippen molar-refractivity contribution in [2.45, 2.75) is 19.8 Å². The highest BCUT2D eigenvalue weighted by Gasteiger charge is 2.15. The summed E-state index contributed by atoms with van der Waals surface area (Å²) in [5.74, 6) is 0.992. The number of amides is 1. The zero-order chi connectivity index (χ0) is 18.2. The van der Waals surface area contributed by atoms with E-state index in [1.807, 2.05) is 6.92 Å². The van der Waals surface area contributed by atoms with E-state index in [0.29, 0.717) is 18.0 Å². The predicted molar refractivity (Wildman–Crippen MR) is 93.0 cm³/mol. The summed E-state index contributed by atoms with van der Waals surface area (Å²) < 4.78 is 34.9. The number of nitrogens with one attached hydrogen (secondary N) is 1. The maximum absolute atomic E-state index is 12.0. The summed E-state index contributed by atoms with van der Waals surface area (Å²) in [7, 11) is -0.162. The highest BCUT2D eigenvalue weighted by Crippen LogP contribution is 2.27. The van der Waals surface area contributed by atoms with Crippen LogP contribution in [0.25, 0.3) is 0 Å². The number of nitrogens with zero attached hydrogens (tertiary/aromatic N) is 1. The van der Waals surface area contributed by atoms with E-state index < -0.39 is 10.0 Å². The Bertz CT molecular complexity index is 646. The minimum absolute atomic E-state index is 0.174. The molecule has 0 heterocycles. The molecule has 0 aliphatic heterocycles. The Labute approximate surface area is 144 Å². The predicted octanol–water partition coefficient (Wildman–Crippen LogP) is 1.03. The first-order chi connectivity index (χ1) is 11.3. The van der Waals surface area contributed by atoms with Crippen molar-refractivity contribution in [1.82, 2.24) is 9.62 Å². The number of carbonyl (C=O) groups is 1. The molecular weight excluding hydrogens is 332 g/mol. The number of sulfonamides is 1. The van der Waals surface area contributed by atoms with Gasteiger partial charge in [-0.25, -0.2) is 12.7 Å². The average molecular weight is 358 g/mol. The van der Waals surface area contributed by atoms with Gasteiger partial charge < -0.3 is 14.8 Å². The maximum Gasteiger partial charge on any atom is 0.224 e. The number of benzene rings is 1. The van der Waals surface area contributed by atoms with E-state index in [9.17, 15) is 13.2 Å². The van der Waals surface area contributed by atoms with E-state index in [4.69, 9.17) is 9.47 Å². The Balaban J connectivity index is 2.55. The van der Waals surface area contributed by atoms with Crippen molar-refractivity contribution in [2.75, 3.05) is 40.1 Å². The van der Waals surface area contributed by atoms with E-state index >= 15 is 0 Å². The highest BCUT2D eigenvalue weighted by atomic mass is 32.2. The second-order valence-electron chi connectivity index (χ2n) is 5.38. The molecule has 1 N–H and O–H groups in total. The summed E-state index contributed by atoms with van der Waals surface area (Å²) in [4.78, 5) is 12.0. The van der Waals surface area contributed by atoms with Gasteiger partial charge in [0.15, 0.2) is 11.5 Å². The summed E-state index contributed by atoms with van der Waals surface area (Å²) in [6, 6.07) is 5.28. The second-order valence-corrected chi connectivity index (χ2v) is 7.36. The standard InChI is InChI=1S/C16H26N2O5S/c1-5-9-18(24(4,20)21)10-8-17-16(19)12-13-6-7-14(22-2)15(11-13)23-3/h6-7,11H,5,8-10,12H2,1-4H3,(H,17,19). The first-order valence-corrected chi connectivity index (χ1v) is 9.59. The lowest BCUT2D eigenvalue weighted by atomic mass is 10.1. The van der Waals surface area contributed by atoms with Crippen LogP contribution in [0.5, 0.6) is 11.5 Å². The van der Waals surface area contributed by atoms with Gasteiger partial charge >= 0.3 is 0 Å². The van der Waals surface area contributed by atoms with Gasteiger partial charge in [-0.05, 0) is 24.1 Å². The molecular formula is C16H26N2O5S. The van der Waals surface area contributed by atoms with Crippen LogP contribution < -0.4 is 14.8 Å². The van der Waals surface area contributed by atoms with Crippen LogP contribution in [0.3, 0.4) is 0 Å². The van der Waals surface area contributed by atoms with E-state index in [0.717, 1.165) is 12.0 Å². The zero-order valence-corrected chi connectivity index (χ0v) is 15.5. The molecule has 0 bridgehead atoms.